The molecule has 1 aromatic heterocycles. The maximum absolute atomic E-state index is 4.69. The maximum Gasteiger partial charge on any atom is 0.0780 e. The molecule has 3 aromatic rings. The molecule has 1 heterocycles. The smallest absolute Gasteiger partial charge is 0.0780 e. The van der Waals surface area contributed by atoms with Gasteiger partial charge in [0.15, 0.2) is 0 Å². The van der Waals surface area contributed by atoms with E-state index >= 15 is 0 Å². The Kier molecular flexibility index (Phi) is 4.21. The molecule has 0 radical (unpaired) electrons. The van der Waals surface area contributed by atoms with Gasteiger partial charge in [-0.2, -0.15) is 0 Å². The van der Waals surface area contributed by atoms with Crippen LogP contribution in [0.15, 0.2) is 48.7 Å². The van der Waals surface area contributed by atoms with Gasteiger partial charge in [-0.25, -0.2) is 0 Å². The molecule has 2 aromatic carbocycles. The molecule has 0 aliphatic heterocycles. The van der Waals surface area contributed by atoms with Gasteiger partial charge >= 0.3 is 0 Å². The number of rotatable bonds is 3. The fraction of sp³-hybridized carbons (Fsp3) is 0.318. The van der Waals surface area contributed by atoms with Crippen LogP contribution in [0.25, 0.3) is 22.0 Å². The third-order valence-electron chi connectivity index (χ3n) is 4.49. The van der Waals surface area contributed by atoms with Crippen molar-refractivity contribution in [2.45, 2.75) is 46.5 Å². The molecule has 1 nitrogen and oxygen atoms in total. The van der Waals surface area contributed by atoms with Crippen molar-refractivity contribution in [2.24, 2.45) is 0 Å². The van der Waals surface area contributed by atoms with Gasteiger partial charge in [0.2, 0.25) is 0 Å². The lowest BCUT2D eigenvalue weighted by Gasteiger charge is -2.13. The first-order chi connectivity index (χ1) is 11.0. The molecule has 0 saturated heterocycles. The van der Waals surface area contributed by atoms with E-state index in [-0.39, 0.29) is 0 Å². The number of aromatic nitrogens is 1. The summed E-state index contributed by atoms with van der Waals surface area (Å²) >= 11 is 0. The molecule has 118 valence electrons. The highest BCUT2D eigenvalue weighted by molar-refractivity contribution is 5.95. The molecule has 0 atom stereocenters. The van der Waals surface area contributed by atoms with E-state index in [9.17, 15) is 0 Å². The van der Waals surface area contributed by atoms with E-state index in [0.717, 1.165) is 5.69 Å². The number of hydrogen-bond donors (Lipinski definition) is 0. The van der Waals surface area contributed by atoms with Gasteiger partial charge in [0.05, 0.1) is 5.69 Å². The van der Waals surface area contributed by atoms with Crippen LogP contribution in [-0.4, -0.2) is 4.98 Å². The van der Waals surface area contributed by atoms with Crippen molar-refractivity contribution >= 4 is 10.8 Å². The third kappa shape index (κ3) is 3.14. The second-order valence-electron chi connectivity index (χ2n) is 7.08. The van der Waals surface area contributed by atoms with Gasteiger partial charge in [0, 0.05) is 17.1 Å². The van der Waals surface area contributed by atoms with Crippen molar-refractivity contribution in [1.29, 1.82) is 0 Å². The van der Waals surface area contributed by atoms with Gasteiger partial charge in [-0.05, 0) is 53.5 Å². The van der Waals surface area contributed by atoms with E-state index in [1.54, 1.807) is 0 Å². The molecule has 0 amide bonds. The maximum atomic E-state index is 4.69. The van der Waals surface area contributed by atoms with Crippen molar-refractivity contribution in [2.75, 3.05) is 0 Å². The summed E-state index contributed by atoms with van der Waals surface area (Å²) in [5, 5.41) is 2.51. The van der Waals surface area contributed by atoms with E-state index in [0.29, 0.717) is 11.8 Å². The Morgan fingerprint density at radius 2 is 1.52 bits per heavy atom. The molecule has 0 aliphatic rings. The van der Waals surface area contributed by atoms with E-state index in [4.69, 9.17) is 4.98 Å². The fourth-order valence-corrected chi connectivity index (χ4v) is 3.07. The standard InChI is InChI=1S/C22H25N/c1-14(2)17-6-7-21-18(12-17)8-9-23-22(21)20-11-16(5)10-19(13-20)15(3)4/h6-15H,1-5H3. The molecular weight excluding hydrogens is 278 g/mol. The highest BCUT2D eigenvalue weighted by Crippen LogP contribution is 2.31. The summed E-state index contributed by atoms with van der Waals surface area (Å²) in [4.78, 5) is 4.69. The van der Waals surface area contributed by atoms with Crippen LogP contribution in [0.3, 0.4) is 0 Å². The Morgan fingerprint density at radius 3 is 2.22 bits per heavy atom. The van der Waals surface area contributed by atoms with Crippen molar-refractivity contribution in [3.05, 3.63) is 65.4 Å². The minimum Gasteiger partial charge on any atom is -0.256 e. The number of benzene rings is 2. The lowest BCUT2D eigenvalue weighted by Crippen LogP contribution is -1.93. The van der Waals surface area contributed by atoms with E-state index in [2.05, 4.69) is 77.1 Å². The summed E-state index contributed by atoms with van der Waals surface area (Å²) in [5.74, 6) is 1.07. The fourth-order valence-electron chi connectivity index (χ4n) is 3.07. The quantitative estimate of drug-likeness (QED) is 0.541. The molecule has 0 fully saturated rings. The van der Waals surface area contributed by atoms with Crippen LogP contribution in [-0.2, 0) is 0 Å². The summed E-state index contributed by atoms with van der Waals surface area (Å²) in [7, 11) is 0. The predicted molar refractivity (Wildman–Crippen MR) is 100 cm³/mol. The lowest BCUT2D eigenvalue weighted by molar-refractivity contribution is 0.865. The number of aryl methyl sites for hydroxylation is 1. The molecule has 23 heavy (non-hydrogen) atoms. The van der Waals surface area contributed by atoms with Crippen LogP contribution in [0.5, 0.6) is 0 Å². The van der Waals surface area contributed by atoms with E-state index < -0.39 is 0 Å². The molecule has 1 heteroatoms. The number of nitrogens with zero attached hydrogens (tertiary/aromatic N) is 1. The first-order valence-corrected chi connectivity index (χ1v) is 8.46. The summed E-state index contributed by atoms with van der Waals surface area (Å²) in [6.45, 7) is 11.1. The molecule has 0 unspecified atom stereocenters. The van der Waals surface area contributed by atoms with Gasteiger partial charge in [0.1, 0.15) is 0 Å². The second-order valence-corrected chi connectivity index (χ2v) is 7.08. The van der Waals surface area contributed by atoms with E-state index in [1.165, 1.54) is 33.0 Å². The monoisotopic (exact) mass is 303 g/mol. The van der Waals surface area contributed by atoms with E-state index in [1.807, 2.05) is 6.20 Å². The topological polar surface area (TPSA) is 12.9 Å². The van der Waals surface area contributed by atoms with Crippen LogP contribution in [0.4, 0.5) is 0 Å². The Balaban J connectivity index is 2.20. The minimum absolute atomic E-state index is 0.524. The molecule has 3 rings (SSSR count). The highest BCUT2D eigenvalue weighted by atomic mass is 14.7. The van der Waals surface area contributed by atoms with Crippen molar-refractivity contribution in [3.63, 3.8) is 0 Å². The molecule has 0 saturated carbocycles. The predicted octanol–water partition coefficient (Wildman–Crippen LogP) is 6.46. The molecular formula is C22H25N. The Bertz CT molecular complexity index is 844. The van der Waals surface area contributed by atoms with Gasteiger partial charge in [0.25, 0.3) is 0 Å². The SMILES string of the molecule is Cc1cc(-c2nccc3cc(C(C)C)ccc23)cc(C(C)C)c1. The Morgan fingerprint density at radius 1 is 0.783 bits per heavy atom. The largest absolute Gasteiger partial charge is 0.256 e. The zero-order valence-electron chi connectivity index (χ0n) is 14.7. The van der Waals surface area contributed by atoms with Crippen molar-refractivity contribution in [1.82, 2.24) is 4.98 Å². The second kappa shape index (κ2) is 6.16. The first-order valence-electron chi connectivity index (χ1n) is 8.46. The number of pyridine rings is 1. The Hall–Kier alpha value is -2.15. The van der Waals surface area contributed by atoms with Gasteiger partial charge in [-0.1, -0.05) is 57.5 Å². The number of hydrogen-bond acceptors (Lipinski definition) is 1. The zero-order valence-corrected chi connectivity index (χ0v) is 14.7. The van der Waals surface area contributed by atoms with Crippen molar-refractivity contribution in [3.8, 4) is 11.3 Å². The van der Waals surface area contributed by atoms with Crippen LogP contribution in [0.1, 0.15) is 56.2 Å². The average molecular weight is 303 g/mol. The molecule has 0 N–H and O–H groups in total. The Labute approximate surface area is 139 Å². The van der Waals surface area contributed by atoms with Crippen molar-refractivity contribution < 1.29 is 0 Å². The lowest BCUT2D eigenvalue weighted by atomic mass is 9.94. The normalized spacial score (nSPS) is 11.6. The first kappa shape index (κ1) is 15.7. The molecule has 0 bridgehead atoms. The van der Waals surface area contributed by atoms with Crippen LogP contribution in [0.2, 0.25) is 0 Å². The summed E-state index contributed by atoms with van der Waals surface area (Å²) < 4.78 is 0. The highest BCUT2D eigenvalue weighted by Gasteiger charge is 2.10. The third-order valence-corrected chi connectivity index (χ3v) is 4.49. The zero-order chi connectivity index (χ0) is 16.6. The van der Waals surface area contributed by atoms with Crippen LogP contribution in [0, 0.1) is 6.92 Å². The molecule has 0 aliphatic carbocycles. The minimum atomic E-state index is 0.524. The summed E-state index contributed by atoms with van der Waals surface area (Å²) in [5.41, 5.74) is 6.35. The summed E-state index contributed by atoms with van der Waals surface area (Å²) in [6, 6.07) is 15.7. The van der Waals surface area contributed by atoms with Gasteiger partial charge in [-0.3, -0.25) is 4.98 Å². The summed E-state index contributed by atoms with van der Waals surface area (Å²) in [6.07, 6.45) is 1.93. The number of fused-ring (bicyclic) bond motifs is 1. The van der Waals surface area contributed by atoms with Crippen LogP contribution < -0.4 is 0 Å². The molecule has 0 spiro atoms. The van der Waals surface area contributed by atoms with Gasteiger partial charge < -0.3 is 0 Å². The van der Waals surface area contributed by atoms with Gasteiger partial charge in [-0.15, -0.1) is 0 Å². The van der Waals surface area contributed by atoms with Crippen LogP contribution >= 0.6 is 0 Å². The average Bonchev–Trinajstić information content (AvgIpc) is 2.53.